The van der Waals surface area contributed by atoms with Crippen molar-refractivity contribution < 1.29 is 32.2 Å². The topological polar surface area (TPSA) is 134 Å². The van der Waals surface area contributed by atoms with Crippen LogP contribution in [0, 0.1) is 0 Å². The second-order valence-corrected chi connectivity index (χ2v) is 6.79. The number of benzene rings is 1. The summed E-state index contributed by atoms with van der Waals surface area (Å²) in [5, 5.41) is 0.0248. The minimum Gasteiger partial charge on any atom is -0.493 e. The van der Waals surface area contributed by atoms with E-state index in [0.29, 0.717) is 0 Å². The number of esters is 1. The average Bonchev–Trinajstić information content (AvgIpc) is 2.48. The fourth-order valence-electron chi connectivity index (χ4n) is 1.58. The molecule has 1 aromatic rings. The molecule has 0 fully saturated rings. The highest BCUT2D eigenvalue weighted by Crippen LogP contribution is 2.36. The van der Waals surface area contributed by atoms with Crippen LogP contribution in [0.25, 0.3) is 0 Å². The van der Waals surface area contributed by atoms with Crippen LogP contribution < -0.4 is 19.9 Å². The molecule has 0 aliphatic carbocycles. The normalized spacial score (nSPS) is 11.0. The van der Waals surface area contributed by atoms with E-state index in [4.69, 9.17) is 31.5 Å². The van der Waals surface area contributed by atoms with Crippen molar-refractivity contribution in [3.05, 3.63) is 22.7 Å². The standard InChI is InChI=1S/C13H17ClN2O7S/c1-21-10-6-8(5-9(14)12(10)23-7-11(15)17)13(18)22-4-3-16-24(2,19)20/h5-6,16H,3-4,7H2,1-2H3,(H2,15,17). The molecule has 0 spiro atoms. The van der Waals surface area contributed by atoms with Crippen LogP contribution in [-0.4, -0.2) is 53.4 Å². The van der Waals surface area contributed by atoms with Gasteiger partial charge in [0.25, 0.3) is 5.91 Å². The number of rotatable bonds is 9. The Labute approximate surface area is 144 Å². The van der Waals surface area contributed by atoms with E-state index >= 15 is 0 Å². The van der Waals surface area contributed by atoms with Gasteiger partial charge in [-0.15, -0.1) is 0 Å². The molecule has 3 N–H and O–H groups in total. The molecule has 0 aliphatic rings. The van der Waals surface area contributed by atoms with Crippen LogP contribution in [0.3, 0.4) is 0 Å². The fraction of sp³-hybridized carbons (Fsp3) is 0.385. The first-order valence-electron chi connectivity index (χ1n) is 6.54. The van der Waals surface area contributed by atoms with Crippen LogP contribution in [0.4, 0.5) is 0 Å². The molecule has 0 unspecified atom stereocenters. The van der Waals surface area contributed by atoms with Crippen molar-refractivity contribution in [3.63, 3.8) is 0 Å². The van der Waals surface area contributed by atoms with E-state index in [0.717, 1.165) is 6.26 Å². The summed E-state index contributed by atoms with van der Waals surface area (Å²) < 4.78 is 39.1. The lowest BCUT2D eigenvalue weighted by Crippen LogP contribution is -2.27. The molecule has 24 heavy (non-hydrogen) atoms. The summed E-state index contributed by atoms with van der Waals surface area (Å²) >= 11 is 6.01. The van der Waals surface area contributed by atoms with Crippen molar-refractivity contribution in [1.82, 2.24) is 4.72 Å². The van der Waals surface area contributed by atoms with E-state index in [1.165, 1.54) is 19.2 Å². The van der Waals surface area contributed by atoms with E-state index < -0.39 is 28.5 Å². The maximum atomic E-state index is 11.9. The van der Waals surface area contributed by atoms with Crippen LogP contribution in [-0.2, 0) is 19.6 Å². The number of nitrogens with two attached hydrogens (primary N) is 1. The van der Waals surface area contributed by atoms with Gasteiger partial charge < -0.3 is 19.9 Å². The quantitative estimate of drug-likeness (QED) is 0.452. The van der Waals surface area contributed by atoms with E-state index in [1.807, 2.05) is 0 Å². The highest BCUT2D eigenvalue weighted by molar-refractivity contribution is 7.88. The van der Waals surface area contributed by atoms with Crippen molar-refractivity contribution in [2.75, 3.05) is 33.1 Å². The lowest BCUT2D eigenvalue weighted by molar-refractivity contribution is -0.119. The van der Waals surface area contributed by atoms with E-state index in [9.17, 15) is 18.0 Å². The number of amides is 1. The number of ether oxygens (including phenoxy) is 3. The molecule has 0 radical (unpaired) electrons. The Balaban J connectivity index is 2.79. The molecule has 1 amide bonds. The summed E-state index contributed by atoms with van der Waals surface area (Å²) in [7, 11) is -2.03. The number of primary amides is 1. The third kappa shape index (κ3) is 6.60. The van der Waals surface area contributed by atoms with E-state index in [2.05, 4.69) is 4.72 Å². The second-order valence-electron chi connectivity index (χ2n) is 4.55. The number of nitrogens with one attached hydrogen (secondary N) is 1. The van der Waals surface area contributed by atoms with E-state index in [-0.39, 0.29) is 35.2 Å². The molecule has 0 aromatic heterocycles. The second kappa shape index (κ2) is 8.71. The number of sulfonamides is 1. The maximum Gasteiger partial charge on any atom is 0.338 e. The lowest BCUT2D eigenvalue weighted by atomic mass is 10.2. The largest absolute Gasteiger partial charge is 0.493 e. The third-order valence-corrected chi connectivity index (χ3v) is 3.53. The summed E-state index contributed by atoms with van der Waals surface area (Å²) in [6.45, 7) is -0.627. The van der Waals surface area contributed by atoms with Crippen molar-refractivity contribution in [3.8, 4) is 11.5 Å². The smallest absolute Gasteiger partial charge is 0.338 e. The molecule has 0 heterocycles. The molecule has 11 heteroatoms. The maximum absolute atomic E-state index is 11.9. The van der Waals surface area contributed by atoms with Gasteiger partial charge in [-0.1, -0.05) is 11.6 Å². The third-order valence-electron chi connectivity index (χ3n) is 2.52. The van der Waals surface area contributed by atoms with Crippen LogP contribution in [0.5, 0.6) is 11.5 Å². The average molecular weight is 381 g/mol. The van der Waals surface area contributed by atoms with Crippen LogP contribution >= 0.6 is 11.6 Å². The minimum atomic E-state index is -3.36. The zero-order chi connectivity index (χ0) is 18.3. The van der Waals surface area contributed by atoms with Gasteiger partial charge in [-0.3, -0.25) is 4.79 Å². The lowest BCUT2D eigenvalue weighted by Gasteiger charge is -2.13. The zero-order valence-electron chi connectivity index (χ0n) is 13.0. The highest BCUT2D eigenvalue weighted by Gasteiger charge is 2.17. The van der Waals surface area contributed by atoms with Gasteiger partial charge in [0.05, 0.1) is 24.0 Å². The van der Waals surface area contributed by atoms with Gasteiger partial charge in [0, 0.05) is 6.54 Å². The van der Waals surface area contributed by atoms with Crippen LogP contribution in [0.2, 0.25) is 5.02 Å². The first kappa shape index (κ1) is 20.0. The van der Waals surface area contributed by atoms with Crippen molar-refractivity contribution >= 4 is 33.5 Å². The van der Waals surface area contributed by atoms with Gasteiger partial charge in [-0.25, -0.2) is 17.9 Å². The number of carbonyl (C=O) groups is 2. The highest BCUT2D eigenvalue weighted by atomic mass is 35.5. The summed E-state index contributed by atoms with van der Waals surface area (Å²) in [6.07, 6.45) is 0.990. The molecule has 0 bridgehead atoms. The summed E-state index contributed by atoms with van der Waals surface area (Å²) in [5.74, 6) is -1.25. The molecule has 9 nitrogen and oxygen atoms in total. The summed E-state index contributed by atoms with van der Waals surface area (Å²) in [6, 6.07) is 2.58. The Kier molecular flexibility index (Phi) is 7.26. The van der Waals surface area contributed by atoms with Gasteiger partial charge in [-0.2, -0.15) is 0 Å². The predicted octanol–water partition coefficient (Wildman–Crippen LogP) is -0.0813. The fourth-order valence-corrected chi connectivity index (χ4v) is 2.29. The summed E-state index contributed by atoms with van der Waals surface area (Å²) in [4.78, 5) is 22.7. The Morgan fingerprint density at radius 3 is 2.54 bits per heavy atom. The molecule has 0 saturated heterocycles. The van der Waals surface area contributed by atoms with Crippen molar-refractivity contribution in [2.45, 2.75) is 0 Å². The van der Waals surface area contributed by atoms with Gasteiger partial charge in [0.1, 0.15) is 6.61 Å². The molecular formula is C13H17ClN2O7S. The molecule has 0 atom stereocenters. The minimum absolute atomic E-state index is 0.0248. The first-order chi connectivity index (χ1) is 11.1. The molecular weight excluding hydrogens is 364 g/mol. The monoisotopic (exact) mass is 380 g/mol. The molecule has 1 rings (SSSR count). The van der Waals surface area contributed by atoms with Gasteiger partial charge in [0.2, 0.25) is 10.0 Å². The Morgan fingerprint density at radius 1 is 1.33 bits per heavy atom. The number of hydrogen-bond acceptors (Lipinski definition) is 7. The number of methoxy groups -OCH3 is 1. The zero-order valence-corrected chi connectivity index (χ0v) is 14.6. The Hall–Kier alpha value is -2.04. The van der Waals surface area contributed by atoms with E-state index in [1.54, 1.807) is 0 Å². The molecule has 134 valence electrons. The SMILES string of the molecule is COc1cc(C(=O)OCCNS(C)(=O)=O)cc(Cl)c1OCC(N)=O. The first-order valence-corrected chi connectivity index (χ1v) is 8.81. The van der Waals surface area contributed by atoms with Crippen molar-refractivity contribution in [1.29, 1.82) is 0 Å². The number of hydrogen-bond donors (Lipinski definition) is 2. The number of carbonyl (C=O) groups excluding carboxylic acids is 2. The van der Waals surface area contributed by atoms with Gasteiger partial charge in [0.15, 0.2) is 18.1 Å². The summed E-state index contributed by atoms with van der Waals surface area (Å²) in [5.41, 5.74) is 5.06. The number of halogens is 1. The van der Waals surface area contributed by atoms with Crippen LogP contribution in [0.15, 0.2) is 12.1 Å². The van der Waals surface area contributed by atoms with Gasteiger partial charge >= 0.3 is 5.97 Å². The molecule has 1 aromatic carbocycles. The predicted molar refractivity (Wildman–Crippen MR) is 85.8 cm³/mol. The Morgan fingerprint density at radius 2 is 2.00 bits per heavy atom. The van der Waals surface area contributed by atoms with Crippen molar-refractivity contribution in [2.24, 2.45) is 5.73 Å². The van der Waals surface area contributed by atoms with Gasteiger partial charge in [-0.05, 0) is 12.1 Å². The Bertz CT molecular complexity index is 721. The molecule has 0 saturated carbocycles. The van der Waals surface area contributed by atoms with Crippen LogP contribution in [0.1, 0.15) is 10.4 Å². The molecule has 0 aliphatic heterocycles.